The van der Waals surface area contributed by atoms with Crippen LogP contribution in [-0.2, 0) is 11.0 Å². The van der Waals surface area contributed by atoms with Gasteiger partial charge >= 0.3 is 0 Å². The summed E-state index contributed by atoms with van der Waals surface area (Å²) >= 11 is 0. The van der Waals surface area contributed by atoms with E-state index in [9.17, 15) is 14.6 Å². The van der Waals surface area contributed by atoms with Crippen molar-refractivity contribution in [1.82, 2.24) is 4.98 Å². The predicted molar refractivity (Wildman–Crippen MR) is 89.4 cm³/mol. The minimum Gasteiger partial charge on any atom is -0.490 e. The molecule has 0 unspecified atom stereocenters. The van der Waals surface area contributed by atoms with Crippen molar-refractivity contribution < 1.29 is 19.3 Å². The molecule has 1 aliphatic heterocycles. The molecule has 2 N–H and O–H groups in total. The molecule has 2 aromatic rings. The Morgan fingerprint density at radius 2 is 2.00 bits per heavy atom. The van der Waals surface area contributed by atoms with E-state index >= 15 is 0 Å². The smallest absolute Gasteiger partial charge is 0.149 e. The van der Waals surface area contributed by atoms with Crippen LogP contribution in [0.5, 0.6) is 5.75 Å². The molecular weight excluding hydrogens is 309 g/mol. The molecule has 0 spiro atoms. The Morgan fingerprint density at radius 3 is 2.58 bits per heavy atom. The first kappa shape index (κ1) is 16.9. The van der Waals surface area contributed by atoms with Crippen molar-refractivity contribution in [2.75, 3.05) is 13.2 Å². The number of aliphatic hydroxyl groups excluding tert-OH is 1. The first-order chi connectivity index (χ1) is 11.3. The second-order valence-corrected chi connectivity index (χ2v) is 6.87. The maximum absolute atomic E-state index is 13.3. The number of aromatic nitrogens is 1. The number of pyridine rings is 1. The van der Waals surface area contributed by atoms with Crippen LogP contribution >= 0.6 is 0 Å². The fraction of sp³-hybridized carbons (Fsp3) is 0.421. The van der Waals surface area contributed by atoms with Gasteiger partial charge in [-0.2, -0.15) is 0 Å². The summed E-state index contributed by atoms with van der Waals surface area (Å²) in [6.45, 7) is 5.78. The van der Waals surface area contributed by atoms with Crippen molar-refractivity contribution in [2.45, 2.75) is 38.2 Å². The second-order valence-electron chi connectivity index (χ2n) is 6.87. The van der Waals surface area contributed by atoms with Crippen LogP contribution in [-0.4, -0.2) is 28.4 Å². The van der Waals surface area contributed by atoms with Gasteiger partial charge in [0.05, 0.1) is 17.7 Å². The van der Waals surface area contributed by atoms with E-state index in [-0.39, 0.29) is 12.4 Å². The van der Waals surface area contributed by atoms with Crippen molar-refractivity contribution in [3.8, 4) is 17.0 Å². The number of hydrogen-bond donors (Lipinski definition) is 2. The molecule has 1 aromatic carbocycles. The number of halogens is 1. The lowest BCUT2D eigenvalue weighted by atomic mass is 9.83. The largest absolute Gasteiger partial charge is 0.490 e. The molecule has 0 radical (unpaired) electrons. The van der Waals surface area contributed by atoms with Crippen LogP contribution < -0.4 is 4.74 Å². The second kappa shape index (κ2) is 5.83. The maximum atomic E-state index is 13.3. The van der Waals surface area contributed by atoms with Crippen molar-refractivity contribution in [1.29, 1.82) is 0 Å². The lowest BCUT2D eigenvalue weighted by Crippen LogP contribution is -2.29. The van der Waals surface area contributed by atoms with Crippen LogP contribution in [0.1, 0.15) is 38.4 Å². The molecule has 0 fully saturated rings. The van der Waals surface area contributed by atoms with Gasteiger partial charge in [-0.1, -0.05) is 6.92 Å². The monoisotopic (exact) mass is 331 g/mol. The number of benzene rings is 1. The zero-order valence-corrected chi connectivity index (χ0v) is 14.1. The van der Waals surface area contributed by atoms with Gasteiger partial charge in [0.2, 0.25) is 0 Å². The normalized spacial score (nSPS) is 21.9. The standard InChI is InChI=1S/C19H22FNO3/c1-4-19(3,23)15-9-14-17(24-11-18(14,2)10-22)16(21-15)12-5-7-13(20)8-6-12/h5-9,22-23H,4,10-11H2,1-3H3/t18-,19+/m0/s1. The number of fused-ring (bicyclic) bond motifs is 1. The summed E-state index contributed by atoms with van der Waals surface area (Å²) in [6.07, 6.45) is 0.498. The fourth-order valence-electron chi connectivity index (χ4n) is 2.83. The summed E-state index contributed by atoms with van der Waals surface area (Å²) in [5, 5.41) is 20.5. The van der Waals surface area contributed by atoms with E-state index in [2.05, 4.69) is 4.98 Å². The third-order valence-corrected chi connectivity index (χ3v) is 4.87. The minimum absolute atomic E-state index is 0.0689. The Hall–Kier alpha value is -1.98. The molecule has 4 nitrogen and oxygen atoms in total. The van der Waals surface area contributed by atoms with Crippen molar-refractivity contribution >= 4 is 0 Å². The highest BCUT2D eigenvalue weighted by Crippen LogP contribution is 2.45. The Labute approximate surface area is 140 Å². The van der Waals surface area contributed by atoms with E-state index < -0.39 is 11.0 Å². The molecule has 5 heteroatoms. The highest BCUT2D eigenvalue weighted by atomic mass is 19.1. The van der Waals surface area contributed by atoms with Gasteiger partial charge in [0.1, 0.15) is 29.5 Å². The zero-order chi connectivity index (χ0) is 17.5. The molecule has 0 aliphatic carbocycles. The molecule has 2 atom stereocenters. The van der Waals surface area contributed by atoms with Gasteiger partial charge in [-0.05, 0) is 50.6 Å². The molecule has 24 heavy (non-hydrogen) atoms. The lowest BCUT2D eigenvalue weighted by Gasteiger charge is -2.25. The van der Waals surface area contributed by atoms with E-state index in [4.69, 9.17) is 4.74 Å². The molecule has 0 bridgehead atoms. The molecule has 0 saturated carbocycles. The minimum atomic E-state index is -1.09. The molecule has 0 amide bonds. The Morgan fingerprint density at radius 1 is 1.33 bits per heavy atom. The van der Waals surface area contributed by atoms with Gasteiger partial charge in [-0.25, -0.2) is 9.37 Å². The topological polar surface area (TPSA) is 62.6 Å². The molecule has 0 saturated heterocycles. The van der Waals surface area contributed by atoms with Gasteiger partial charge in [0.15, 0.2) is 0 Å². The Balaban J connectivity index is 2.25. The predicted octanol–water partition coefficient (Wildman–Crippen LogP) is 3.15. The van der Waals surface area contributed by atoms with Gasteiger partial charge in [0.25, 0.3) is 0 Å². The zero-order valence-electron chi connectivity index (χ0n) is 14.1. The van der Waals surface area contributed by atoms with E-state index in [0.29, 0.717) is 35.7 Å². The average Bonchev–Trinajstić information content (AvgIpc) is 2.93. The molecular formula is C19H22FNO3. The lowest BCUT2D eigenvalue weighted by molar-refractivity contribution is 0.0484. The van der Waals surface area contributed by atoms with Crippen molar-refractivity contribution in [3.63, 3.8) is 0 Å². The summed E-state index contributed by atoms with van der Waals surface area (Å²) in [7, 11) is 0. The quantitative estimate of drug-likeness (QED) is 0.903. The highest BCUT2D eigenvalue weighted by Gasteiger charge is 2.40. The molecule has 3 rings (SSSR count). The van der Waals surface area contributed by atoms with Crippen LogP contribution in [0.3, 0.4) is 0 Å². The SMILES string of the molecule is CC[C@@](C)(O)c1cc2c(c(-c3ccc(F)cc3)n1)OC[C@]2(C)CO. The molecule has 1 aromatic heterocycles. The third kappa shape index (κ3) is 2.68. The summed E-state index contributed by atoms with van der Waals surface area (Å²) in [4.78, 5) is 4.61. The van der Waals surface area contributed by atoms with Crippen LogP contribution in [0.2, 0.25) is 0 Å². The van der Waals surface area contributed by atoms with E-state index in [1.165, 1.54) is 12.1 Å². The van der Waals surface area contributed by atoms with Crippen LogP contribution in [0.4, 0.5) is 4.39 Å². The molecule has 128 valence electrons. The van der Waals surface area contributed by atoms with Gasteiger partial charge < -0.3 is 14.9 Å². The summed E-state index contributed by atoms with van der Waals surface area (Å²) < 4.78 is 19.1. The number of ether oxygens (including phenoxy) is 1. The number of aliphatic hydroxyl groups is 2. The van der Waals surface area contributed by atoms with Gasteiger partial charge in [0, 0.05) is 11.1 Å². The number of hydrogen-bond acceptors (Lipinski definition) is 4. The summed E-state index contributed by atoms with van der Waals surface area (Å²) in [5.41, 5.74) is 0.974. The first-order valence-electron chi connectivity index (χ1n) is 8.09. The van der Waals surface area contributed by atoms with Crippen molar-refractivity contribution in [2.24, 2.45) is 0 Å². The highest BCUT2D eigenvalue weighted by molar-refractivity contribution is 5.70. The third-order valence-electron chi connectivity index (χ3n) is 4.87. The molecule has 2 heterocycles. The van der Waals surface area contributed by atoms with E-state index in [1.54, 1.807) is 19.1 Å². The Bertz CT molecular complexity index is 758. The van der Waals surface area contributed by atoms with Crippen LogP contribution in [0.15, 0.2) is 30.3 Å². The Kier molecular flexibility index (Phi) is 4.10. The summed E-state index contributed by atoms with van der Waals surface area (Å²) in [6, 6.07) is 7.83. The number of rotatable bonds is 4. The van der Waals surface area contributed by atoms with E-state index in [0.717, 1.165) is 5.56 Å². The van der Waals surface area contributed by atoms with Crippen LogP contribution in [0.25, 0.3) is 11.3 Å². The van der Waals surface area contributed by atoms with Crippen molar-refractivity contribution in [3.05, 3.63) is 47.4 Å². The van der Waals surface area contributed by atoms with E-state index in [1.807, 2.05) is 19.9 Å². The van der Waals surface area contributed by atoms with Gasteiger partial charge in [-0.3, -0.25) is 0 Å². The first-order valence-corrected chi connectivity index (χ1v) is 8.09. The van der Waals surface area contributed by atoms with Gasteiger partial charge in [-0.15, -0.1) is 0 Å². The number of nitrogens with zero attached hydrogens (tertiary/aromatic N) is 1. The average molecular weight is 331 g/mol. The summed E-state index contributed by atoms with van der Waals surface area (Å²) in [5.74, 6) is 0.266. The maximum Gasteiger partial charge on any atom is 0.149 e. The van der Waals surface area contributed by atoms with Crippen LogP contribution in [0, 0.1) is 5.82 Å². The fourth-order valence-corrected chi connectivity index (χ4v) is 2.83. The molecule has 1 aliphatic rings.